The molecule has 0 aromatic heterocycles. The molecular weight excluding hydrogens is 1130 g/mol. The van der Waals surface area contributed by atoms with Crippen molar-refractivity contribution in [3.63, 3.8) is 0 Å². The van der Waals surface area contributed by atoms with E-state index >= 15 is 14.4 Å². The molecule has 1 aliphatic heterocycles. The Morgan fingerprint density at radius 2 is 0.932 bits per heavy atom. The van der Waals surface area contributed by atoms with Gasteiger partial charge in [0, 0.05) is 49.3 Å². The number of likely N-dealkylation sites (N-methyl/N-ethyl adjacent to an activating group) is 7. The van der Waals surface area contributed by atoms with Crippen LogP contribution in [0.2, 0.25) is 0 Å². The Kier molecular flexibility index (Phi) is 32.6. The third kappa shape index (κ3) is 22.4. The fraction of sp³-hybridized carbons (Fsp3) is 0.778. The van der Waals surface area contributed by atoms with Crippen LogP contribution in [0.15, 0.2) is 12.2 Å². The van der Waals surface area contributed by atoms with E-state index in [1.165, 1.54) is 75.9 Å². The SMILES string of the molecule is C/C=C/CC(C)C(O)[C@H]1C(=O)N[C@@H](CC)C(=O)N(C)CC(=O)N(C)[C@@H](CC(C)C)C(=O)N[C@@H](C(C)C)C(=O)N(C)[C@@H](CC(C)C)C(=O)N[C@@H](C)C(=O)N[C@H](CC(N)=O)C(=O)N(C)[C@@H](CC(C)C)C(=O)N(C)[C@@H](CC(C)C)C(=O)N(C)[C@@H](C(C)C)C(=O)N1C. The number of carbonyl (C=O) groups is 12. The first-order chi connectivity index (χ1) is 40.6. The maximum Gasteiger partial charge on any atom is 0.246 e. The maximum atomic E-state index is 15.2. The molecule has 0 saturated carbocycles. The third-order valence-corrected chi connectivity index (χ3v) is 16.4. The van der Waals surface area contributed by atoms with Crippen molar-refractivity contribution in [2.75, 3.05) is 55.9 Å². The van der Waals surface area contributed by atoms with Crippen LogP contribution in [-0.4, -0.2) is 233 Å². The number of allylic oxidation sites excluding steroid dienone is 2. The second-order valence-corrected chi connectivity index (χ2v) is 26.6. The number of primary amides is 1. The van der Waals surface area contributed by atoms with Crippen LogP contribution in [-0.2, 0) is 57.5 Å². The Morgan fingerprint density at radius 3 is 1.38 bits per heavy atom. The minimum absolute atomic E-state index is 0.00395. The summed E-state index contributed by atoms with van der Waals surface area (Å²) in [5.41, 5.74) is 5.67. The minimum atomic E-state index is -1.65. The molecule has 0 aromatic carbocycles. The molecule has 1 aliphatic rings. The average Bonchev–Trinajstić information content (AvgIpc) is 1.34. The van der Waals surface area contributed by atoms with Gasteiger partial charge in [-0.1, -0.05) is 109 Å². The van der Waals surface area contributed by atoms with Gasteiger partial charge < -0.3 is 66.4 Å². The first-order valence-corrected chi connectivity index (χ1v) is 31.2. The van der Waals surface area contributed by atoms with Gasteiger partial charge >= 0.3 is 0 Å². The molecule has 0 bridgehead atoms. The Balaban J connectivity index is 4.43. The van der Waals surface area contributed by atoms with E-state index in [0.29, 0.717) is 0 Å². The number of nitrogens with one attached hydrogen (secondary N) is 4. The summed E-state index contributed by atoms with van der Waals surface area (Å²) in [4.78, 5) is 182. The molecule has 1 rings (SSSR count). The summed E-state index contributed by atoms with van der Waals surface area (Å²) < 4.78 is 0. The number of amides is 12. The van der Waals surface area contributed by atoms with Gasteiger partial charge in [-0.3, -0.25) is 57.5 Å². The molecule has 1 saturated heterocycles. The fourth-order valence-corrected chi connectivity index (χ4v) is 10.9. The molecule has 1 heterocycles. The van der Waals surface area contributed by atoms with Crippen LogP contribution in [0.5, 0.6) is 0 Å². The highest BCUT2D eigenvalue weighted by molar-refractivity contribution is 6.00. The average molecular weight is 1250 g/mol. The second-order valence-electron chi connectivity index (χ2n) is 26.6. The van der Waals surface area contributed by atoms with Crippen LogP contribution in [0.25, 0.3) is 0 Å². The van der Waals surface area contributed by atoms with Gasteiger partial charge in [0.1, 0.15) is 60.4 Å². The molecule has 0 radical (unpaired) electrons. The van der Waals surface area contributed by atoms with Crippen molar-refractivity contribution < 1.29 is 62.6 Å². The van der Waals surface area contributed by atoms with Gasteiger partial charge in [0.15, 0.2) is 0 Å². The highest BCUT2D eigenvalue weighted by Crippen LogP contribution is 2.26. The summed E-state index contributed by atoms with van der Waals surface area (Å²) in [5, 5.41) is 22.9. The highest BCUT2D eigenvalue weighted by Gasteiger charge is 2.46. The van der Waals surface area contributed by atoms with Crippen LogP contribution in [0.3, 0.4) is 0 Å². The van der Waals surface area contributed by atoms with E-state index in [0.717, 1.165) is 14.7 Å². The quantitative estimate of drug-likeness (QED) is 0.114. The van der Waals surface area contributed by atoms with Crippen LogP contribution in [0, 0.1) is 41.4 Å². The van der Waals surface area contributed by atoms with E-state index < -0.39 is 168 Å². The second kappa shape index (κ2) is 36.1. The fourth-order valence-electron chi connectivity index (χ4n) is 10.9. The zero-order valence-electron chi connectivity index (χ0n) is 57.3. The predicted molar refractivity (Wildman–Crippen MR) is 337 cm³/mol. The molecule has 0 spiro atoms. The number of rotatable bonds is 17. The standard InChI is InChI=1S/C63H112N12O13/c1-24-26-27-40(15)53(78)52-57(82)66-42(25-2)58(83)69(17)33-49(77)70(18)44(28-34(3)4)56(81)68-50(38(11)12)62(87)71(19)45(29-35(5)6)55(80)65-41(16)54(79)67-43(32-48(64)76)59(84)72(20)46(30-36(7)8)60(85)73(21)47(31-37(9)10)61(86)74(22)51(39(13)14)63(88)75(52)23/h24,26,34-47,50-53,78H,25,27-33H2,1-23H3,(H2,64,76)(H,65,80)(H,66,82)(H,67,79)(H,68,81)/b26-24+/t40?,41-,42-,43+,44-,45-,46-,47-,50-,51-,52-,53?/m0/s1. The number of carbonyl (C=O) groups excluding carboxylic acids is 12. The summed E-state index contributed by atoms with van der Waals surface area (Å²) in [5.74, 6) is -11.9. The van der Waals surface area contributed by atoms with Crippen LogP contribution in [0.1, 0.15) is 156 Å². The summed E-state index contributed by atoms with van der Waals surface area (Å²) in [6.45, 7) is 27.3. The number of aliphatic hydroxyl groups is 1. The zero-order valence-corrected chi connectivity index (χ0v) is 57.3. The molecule has 12 amide bonds. The van der Waals surface area contributed by atoms with Gasteiger partial charge in [-0.2, -0.15) is 0 Å². The molecule has 12 atom stereocenters. The molecule has 88 heavy (non-hydrogen) atoms. The van der Waals surface area contributed by atoms with E-state index in [4.69, 9.17) is 5.73 Å². The first-order valence-electron chi connectivity index (χ1n) is 31.2. The molecule has 7 N–H and O–H groups in total. The summed E-state index contributed by atoms with van der Waals surface area (Å²) in [7, 11) is 9.61. The molecule has 25 nitrogen and oxygen atoms in total. The monoisotopic (exact) mass is 1240 g/mol. The predicted octanol–water partition coefficient (Wildman–Crippen LogP) is 2.12. The largest absolute Gasteiger partial charge is 0.390 e. The van der Waals surface area contributed by atoms with Crippen LogP contribution < -0.4 is 27.0 Å². The molecule has 25 heteroatoms. The lowest BCUT2D eigenvalue weighted by Gasteiger charge is -2.41. The zero-order chi connectivity index (χ0) is 68.3. The number of hydrogen-bond donors (Lipinski definition) is 6. The van der Waals surface area contributed by atoms with Crippen molar-refractivity contribution in [2.45, 2.75) is 222 Å². The van der Waals surface area contributed by atoms with Gasteiger partial charge in [0.05, 0.1) is 19.1 Å². The van der Waals surface area contributed by atoms with Gasteiger partial charge in [0.2, 0.25) is 70.9 Å². The van der Waals surface area contributed by atoms with E-state index in [1.54, 1.807) is 60.6 Å². The van der Waals surface area contributed by atoms with Crippen LogP contribution >= 0.6 is 0 Å². The number of nitrogens with two attached hydrogens (primary N) is 1. The van der Waals surface area contributed by atoms with Crippen molar-refractivity contribution in [3.05, 3.63) is 12.2 Å². The Hall–Kier alpha value is -6.66. The summed E-state index contributed by atoms with van der Waals surface area (Å²) in [6.07, 6.45) is 1.97. The van der Waals surface area contributed by atoms with E-state index in [9.17, 15) is 48.3 Å². The normalized spacial score (nSPS) is 26.3. The van der Waals surface area contributed by atoms with E-state index in [2.05, 4.69) is 21.3 Å². The minimum Gasteiger partial charge on any atom is -0.390 e. The van der Waals surface area contributed by atoms with E-state index in [1.807, 2.05) is 55.4 Å². The topological polar surface area (TPSA) is 322 Å². The lowest BCUT2D eigenvalue weighted by Crippen LogP contribution is -2.63. The van der Waals surface area contributed by atoms with Gasteiger partial charge in [-0.15, -0.1) is 0 Å². The Morgan fingerprint density at radius 1 is 0.511 bits per heavy atom. The molecule has 0 aromatic rings. The van der Waals surface area contributed by atoms with Crippen molar-refractivity contribution in [2.24, 2.45) is 47.2 Å². The first kappa shape index (κ1) is 79.4. The van der Waals surface area contributed by atoms with Crippen molar-refractivity contribution in [1.29, 1.82) is 0 Å². The Bertz CT molecular complexity index is 2450. The van der Waals surface area contributed by atoms with Gasteiger partial charge in [0.25, 0.3) is 0 Å². The van der Waals surface area contributed by atoms with Crippen LogP contribution in [0.4, 0.5) is 0 Å². The maximum absolute atomic E-state index is 15.2. The highest BCUT2D eigenvalue weighted by atomic mass is 16.3. The number of hydrogen-bond acceptors (Lipinski definition) is 13. The summed E-state index contributed by atoms with van der Waals surface area (Å²) >= 11 is 0. The summed E-state index contributed by atoms with van der Waals surface area (Å²) in [6, 6.07) is -13.4. The molecular formula is C63H112N12O13. The molecule has 502 valence electrons. The lowest BCUT2D eigenvalue weighted by molar-refractivity contribution is -0.157. The van der Waals surface area contributed by atoms with Gasteiger partial charge in [-0.25, -0.2) is 0 Å². The number of aliphatic hydroxyl groups excluding tert-OH is 1. The van der Waals surface area contributed by atoms with Crippen molar-refractivity contribution in [1.82, 2.24) is 55.6 Å². The van der Waals surface area contributed by atoms with Gasteiger partial charge in [-0.05, 0) is 93.8 Å². The Labute approximate surface area is 524 Å². The number of nitrogens with zero attached hydrogens (tertiary/aromatic N) is 7. The van der Waals surface area contributed by atoms with E-state index in [-0.39, 0.29) is 62.2 Å². The van der Waals surface area contributed by atoms with Crippen molar-refractivity contribution in [3.8, 4) is 0 Å². The smallest absolute Gasteiger partial charge is 0.246 e. The lowest BCUT2D eigenvalue weighted by atomic mass is 9.91. The molecule has 1 fully saturated rings. The molecule has 2 unspecified atom stereocenters. The molecule has 0 aliphatic carbocycles. The van der Waals surface area contributed by atoms with Crippen molar-refractivity contribution >= 4 is 70.9 Å². The third-order valence-electron chi connectivity index (χ3n) is 16.4.